The van der Waals surface area contributed by atoms with Gasteiger partial charge in [-0.2, -0.15) is 4.21 Å². The summed E-state index contributed by atoms with van der Waals surface area (Å²) in [5.41, 5.74) is 0.241. The molecule has 1 rings (SSSR count). The third-order valence-corrected chi connectivity index (χ3v) is 2.14. The fourth-order valence-corrected chi connectivity index (χ4v) is 1.31. The average molecular weight is 269 g/mol. The molecule has 0 radical (unpaired) electrons. The molecule has 0 bridgehead atoms. The lowest BCUT2D eigenvalue weighted by molar-refractivity contribution is 0.292. The average Bonchev–Trinajstić information content (AvgIpc) is 2.02. The lowest BCUT2D eigenvalue weighted by atomic mass is 10.2. The molecule has 0 aliphatic carbocycles. The van der Waals surface area contributed by atoms with Crippen molar-refractivity contribution in [2.24, 2.45) is 0 Å². The van der Waals surface area contributed by atoms with Crippen LogP contribution in [0.4, 0.5) is 4.39 Å². The van der Waals surface area contributed by atoms with Gasteiger partial charge in [-0.3, -0.25) is 8.74 Å². The number of benzene rings is 1. The van der Waals surface area contributed by atoms with Crippen LogP contribution in [0.3, 0.4) is 0 Å². The first kappa shape index (κ1) is 10.8. The Bertz CT molecular complexity index is 332. The molecule has 1 unspecified atom stereocenters. The molecule has 0 amide bonds. The predicted molar refractivity (Wildman–Crippen MR) is 49.7 cm³/mol. The SMILES string of the molecule is O=S(O)OCc1ccc(Br)cc1F. The van der Waals surface area contributed by atoms with E-state index in [0.29, 0.717) is 4.47 Å². The Morgan fingerprint density at radius 2 is 2.31 bits per heavy atom. The van der Waals surface area contributed by atoms with Gasteiger partial charge in [0.1, 0.15) is 5.82 Å². The summed E-state index contributed by atoms with van der Waals surface area (Å²) in [4.78, 5) is 0. The molecule has 0 fully saturated rings. The summed E-state index contributed by atoms with van der Waals surface area (Å²) in [6.07, 6.45) is 0. The Morgan fingerprint density at radius 1 is 1.62 bits per heavy atom. The molecule has 0 saturated heterocycles. The van der Waals surface area contributed by atoms with Crippen LogP contribution in [0.1, 0.15) is 5.56 Å². The molecule has 1 aromatic rings. The monoisotopic (exact) mass is 268 g/mol. The second-order valence-corrected chi connectivity index (χ2v) is 3.80. The van der Waals surface area contributed by atoms with Crippen LogP contribution in [0.25, 0.3) is 0 Å². The van der Waals surface area contributed by atoms with E-state index in [1.165, 1.54) is 12.1 Å². The van der Waals surface area contributed by atoms with Crippen molar-refractivity contribution in [1.82, 2.24) is 0 Å². The summed E-state index contributed by atoms with van der Waals surface area (Å²) in [6.45, 7) is -0.220. The van der Waals surface area contributed by atoms with Crippen LogP contribution in [0.2, 0.25) is 0 Å². The van der Waals surface area contributed by atoms with Crippen molar-refractivity contribution in [1.29, 1.82) is 0 Å². The van der Waals surface area contributed by atoms with Crippen molar-refractivity contribution < 1.29 is 17.3 Å². The van der Waals surface area contributed by atoms with Crippen LogP contribution in [0.5, 0.6) is 0 Å². The zero-order valence-corrected chi connectivity index (χ0v) is 8.77. The standard InChI is InChI=1S/C7H6BrFO3S/c8-6-2-1-5(7(9)3-6)4-12-13(10)11/h1-3H,4H2,(H,10,11). The summed E-state index contributed by atoms with van der Waals surface area (Å²) >= 11 is 0.728. The molecule has 0 aliphatic heterocycles. The summed E-state index contributed by atoms with van der Waals surface area (Å²) < 4.78 is 36.3. The Hall–Kier alpha value is -0.300. The summed E-state index contributed by atoms with van der Waals surface area (Å²) in [5, 5.41) is 0. The maximum absolute atomic E-state index is 13.0. The lowest BCUT2D eigenvalue weighted by Gasteiger charge is -2.01. The van der Waals surface area contributed by atoms with E-state index >= 15 is 0 Å². The van der Waals surface area contributed by atoms with E-state index in [2.05, 4.69) is 20.1 Å². The first-order valence-electron chi connectivity index (χ1n) is 3.27. The van der Waals surface area contributed by atoms with Gasteiger partial charge in [0.2, 0.25) is 0 Å². The Kier molecular flexibility index (Phi) is 3.98. The van der Waals surface area contributed by atoms with Crippen LogP contribution in [-0.2, 0) is 22.2 Å². The van der Waals surface area contributed by atoms with E-state index in [-0.39, 0.29) is 12.2 Å². The molecule has 0 aromatic heterocycles. The van der Waals surface area contributed by atoms with E-state index in [0.717, 1.165) is 0 Å². The second kappa shape index (κ2) is 4.80. The van der Waals surface area contributed by atoms with Crippen LogP contribution in [-0.4, -0.2) is 8.76 Å². The largest absolute Gasteiger partial charge is 0.302 e. The Labute approximate surface area is 85.5 Å². The topological polar surface area (TPSA) is 46.5 Å². The fraction of sp³-hybridized carbons (Fsp3) is 0.143. The summed E-state index contributed by atoms with van der Waals surface area (Å²) in [5.74, 6) is -0.472. The zero-order chi connectivity index (χ0) is 9.84. The van der Waals surface area contributed by atoms with Gasteiger partial charge in [-0.25, -0.2) is 4.39 Å². The number of hydrogen-bond donors (Lipinski definition) is 1. The minimum Gasteiger partial charge on any atom is -0.284 e. The van der Waals surface area contributed by atoms with Crippen LogP contribution in [0, 0.1) is 5.82 Å². The second-order valence-electron chi connectivity index (χ2n) is 2.22. The van der Waals surface area contributed by atoms with E-state index in [1.807, 2.05) is 0 Å². The third-order valence-electron chi connectivity index (χ3n) is 1.33. The maximum atomic E-state index is 13.0. The van der Waals surface area contributed by atoms with Crippen molar-refractivity contribution in [3.63, 3.8) is 0 Å². The summed E-state index contributed by atoms with van der Waals surface area (Å²) in [6, 6.07) is 4.37. The highest BCUT2D eigenvalue weighted by atomic mass is 79.9. The molecule has 0 saturated carbocycles. The maximum Gasteiger partial charge on any atom is 0.302 e. The molecule has 3 nitrogen and oxygen atoms in total. The molecule has 0 heterocycles. The number of halogens is 2. The van der Waals surface area contributed by atoms with Gasteiger partial charge in [-0.1, -0.05) is 22.0 Å². The van der Waals surface area contributed by atoms with E-state index < -0.39 is 17.2 Å². The highest BCUT2D eigenvalue weighted by molar-refractivity contribution is 9.10. The smallest absolute Gasteiger partial charge is 0.284 e. The van der Waals surface area contributed by atoms with Gasteiger partial charge in [-0.05, 0) is 12.1 Å². The summed E-state index contributed by atoms with van der Waals surface area (Å²) in [7, 11) is 0. The number of rotatable bonds is 3. The minimum absolute atomic E-state index is 0.220. The first-order chi connectivity index (χ1) is 6.09. The normalized spacial score (nSPS) is 12.8. The predicted octanol–water partition coefficient (Wildman–Crippen LogP) is 2.24. The molecule has 0 spiro atoms. The Morgan fingerprint density at radius 3 is 2.85 bits per heavy atom. The highest BCUT2D eigenvalue weighted by Crippen LogP contribution is 2.15. The van der Waals surface area contributed by atoms with Gasteiger partial charge in [0.15, 0.2) is 0 Å². The third kappa shape index (κ3) is 3.51. The van der Waals surface area contributed by atoms with Crippen molar-refractivity contribution in [2.75, 3.05) is 0 Å². The fourth-order valence-electron chi connectivity index (χ4n) is 0.753. The quantitative estimate of drug-likeness (QED) is 0.856. The van der Waals surface area contributed by atoms with Crippen molar-refractivity contribution in [3.05, 3.63) is 34.1 Å². The molecule has 13 heavy (non-hydrogen) atoms. The van der Waals surface area contributed by atoms with Gasteiger partial charge in [0.25, 0.3) is 0 Å². The van der Waals surface area contributed by atoms with Gasteiger partial charge in [0, 0.05) is 10.0 Å². The molecular formula is C7H6BrFO3S. The Balaban J connectivity index is 2.72. The number of hydrogen-bond acceptors (Lipinski definition) is 2. The van der Waals surface area contributed by atoms with E-state index in [9.17, 15) is 8.60 Å². The van der Waals surface area contributed by atoms with Gasteiger partial charge >= 0.3 is 11.4 Å². The molecule has 72 valence electrons. The molecular weight excluding hydrogens is 263 g/mol. The van der Waals surface area contributed by atoms with Crippen molar-refractivity contribution in [3.8, 4) is 0 Å². The van der Waals surface area contributed by atoms with Crippen molar-refractivity contribution in [2.45, 2.75) is 6.61 Å². The van der Waals surface area contributed by atoms with Crippen LogP contribution >= 0.6 is 15.9 Å². The molecule has 1 aromatic carbocycles. The molecule has 1 N–H and O–H groups in total. The molecule has 0 aliphatic rings. The lowest BCUT2D eigenvalue weighted by Crippen LogP contribution is -1.98. The highest BCUT2D eigenvalue weighted by Gasteiger charge is 2.04. The van der Waals surface area contributed by atoms with Gasteiger partial charge in [0.05, 0.1) is 6.61 Å². The zero-order valence-electron chi connectivity index (χ0n) is 6.37. The van der Waals surface area contributed by atoms with Crippen LogP contribution < -0.4 is 0 Å². The van der Waals surface area contributed by atoms with E-state index in [1.54, 1.807) is 6.07 Å². The van der Waals surface area contributed by atoms with Crippen molar-refractivity contribution >= 4 is 27.3 Å². The molecule has 1 atom stereocenters. The minimum atomic E-state index is -2.36. The van der Waals surface area contributed by atoms with Crippen LogP contribution in [0.15, 0.2) is 22.7 Å². The van der Waals surface area contributed by atoms with Gasteiger partial charge in [-0.15, -0.1) is 0 Å². The van der Waals surface area contributed by atoms with E-state index in [4.69, 9.17) is 4.55 Å². The van der Waals surface area contributed by atoms with Gasteiger partial charge < -0.3 is 0 Å². The first-order valence-corrected chi connectivity index (χ1v) is 5.10. The molecule has 6 heteroatoms.